The Hall–Kier alpha value is -2.09. The van der Waals surface area contributed by atoms with Gasteiger partial charge in [0, 0.05) is 12.4 Å². The van der Waals surface area contributed by atoms with Crippen molar-refractivity contribution in [1.82, 2.24) is 4.98 Å². The van der Waals surface area contributed by atoms with Gasteiger partial charge in [-0.2, -0.15) is 5.26 Å². The van der Waals surface area contributed by atoms with Crippen molar-refractivity contribution >= 4 is 5.97 Å². The zero-order valence-corrected chi connectivity index (χ0v) is 7.77. The first-order valence-corrected chi connectivity index (χ1v) is 3.75. The molecule has 0 aliphatic heterocycles. The molecule has 5 heteroatoms. The molecule has 0 atom stereocenters. The molecule has 0 saturated heterocycles. The fourth-order valence-corrected chi connectivity index (χ4v) is 1.00. The highest BCUT2D eigenvalue weighted by molar-refractivity contribution is 5.92. The second-order valence-corrected chi connectivity index (χ2v) is 2.37. The van der Waals surface area contributed by atoms with Gasteiger partial charge in [-0.05, 0) is 0 Å². The number of nitriles is 1. The highest BCUT2D eigenvalue weighted by Crippen LogP contribution is 2.22. The van der Waals surface area contributed by atoms with E-state index in [2.05, 4.69) is 9.72 Å². The van der Waals surface area contributed by atoms with Gasteiger partial charge >= 0.3 is 5.97 Å². The Morgan fingerprint density at radius 2 is 2.21 bits per heavy atom. The Morgan fingerprint density at radius 1 is 1.50 bits per heavy atom. The van der Waals surface area contributed by atoms with Crippen molar-refractivity contribution in [3.8, 4) is 11.8 Å². The second-order valence-electron chi connectivity index (χ2n) is 2.37. The number of aromatic nitrogens is 1. The van der Waals surface area contributed by atoms with Gasteiger partial charge in [-0.15, -0.1) is 0 Å². The molecule has 0 radical (unpaired) electrons. The van der Waals surface area contributed by atoms with E-state index in [0.29, 0.717) is 0 Å². The van der Waals surface area contributed by atoms with Crippen LogP contribution in [0.2, 0.25) is 0 Å². The van der Waals surface area contributed by atoms with Gasteiger partial charge in [0.05, 0.1) is 14.2 Å². The van der Waals surface area contributed by atoms with Gasteiger partial charge < -0.3 is 9.47 Å². The van der Waals surface area contributed by atoms with E-state index in [9.17, 15) is 4.79 Å². The van der Waals surface area contributed by atoms with E-state index >= 15 is 0 Å². The third-order valence-electron chi connectivity index (χ3n) is 1.63. The zero-order chi connectivity index (χ0) is 10.6. The number of nitrogens with zero attached hydrogens (tertiary/aromatic N) is 2. The van der Waals surface area contributed by atoms with E-state index in [4.69, 9.17) is 10.00 Å². The van der Waals surface area contributed by atoms with Gasteiger partial charge in [0.25, 0.3) is 0 Å². The number of hydrogen-bond donors (Lipinski definition) is 0. The summed E-state index contributed by atoms with van der Waals surface area (Å²) in [4.78, 5) is 14.9. The lowest BCUT2D eigenvalue weighted by molar-refractivity contribution is 0.0596. The maximum atomic E-state index is 11.2. The van der Waals surface area contributed by atoms with E-state index in [1.165, 1.54) is 26.6 Å². The number of carbonyl (C=O) groups excluding carboxylic acids is 1. The molecular weight excluding hydrogens is 184 g/mol. The van der Waals surface area contributed by atoms with Crippen LogP contribution in [-0.2, 0) is 4.74 Å². The van der Waals surface area contributed by atoms with Gasteiger partial charge in [0.15, 0.2) is 5.75 Å². The standard InChI is InChI=1S/C9H8N2O3/c1-13-8-6(3-10)4-11-5-7(8)9(12)14-2/h4-5H,1-2H3. The minimum Gasteiger partial charge on any atom is -0.494 e. The smallest absolute Gasteiger partial charge is 0.343 e. The van der Waals surface area contributed by atoms with Crippen molar-refractivity contribution in [2.75, 3.05) is 14.2 Å². The van der Waals surface area contributed by atoms with Crippen LogP contribution in [-0.4, -0.2) is 25.2 Å². The van der Waals surface area contributed by atoms with Crippen LogP contribution in [0.25, 0.3) is 0 Å². The van der Waals surface area contributed by atoms with Crippen molar-refractivity contribution in [3.63, 3.8) is 0 Å². The number of carbonyl (C=O) groups is 1. The van der Waals surface area contributed by atoms with Gasteiger partial charge in [-0.3, -0.25) is 4.98 Å². The summed E-state index contributed by atoms with van der Waals surface area (Å²) in [5.41, 5.74) is 0.351. The Balaban J connectivity index is 3.31. The first-order chi connectivity index (χ1) is 6.74. The van der Waals surface area contributed by atoms with Crippen LogP contribution in [0.1, 0.15) is 15.9 Å². The van der Waals surface area contributed by atoms with Gasteiger partial charge in [-0.25, -0.2) is 4.79 Å². The Bertz CT molecular complexity index is 396. The van der Waals surface area contributed by atoms with Crippen LogP contribution in [0.5, 0.6) is 5.75 Å². The fourth-order valence-electron chi connectivity index (χ4n) is 1.00. The normalized spacial score (nSPS) is 8.93. The largest absolute Gasteiger partial charge is 0.494 e. The van der Waals surface area contributed by atoms with E-state index in [-0.39, 0.29) is 16.9 Å². The van der Waals surface area contributed by atoms with Crippen LogP contribution < -0.4 is 4.74 Å². The minimum atomic E-state index is -0.577. The van der Waals surface area contributed by atoms with Gasteiger partial charge in [0.2, 0.25) is 0 Å². The molecule has 0 fully saturated rings. The quantitative estimate of drug-likeness (QED) is 0.646. The molecular formula is C9H8N2O3. The molecule has 72 valence electrons. The Labute approximate surface area is 80.9 Å². The van der Waals surface area contributed by atoms with Crippen LogP contribution in [0.4, 0.5) is 0 Å². The molecule has 1 rings (SSSR count). The molecule has 0 aromatic carbocycles. The average molecular weight is 192 g/mol. The number of hydrogen-bond acceptors (Lipinski definition) is 5. The number of pyridine rings is 1. The molecule has 5 nitrogen and oxygen atoms in total. The maximum Gasteiger partial charge on any atom is 0.343 e. The zero-order valence-electron chi connectivity index (χ0n) is 7.77. The third kappa shape index (κ3) is 1.64. The monoisotopic (exact) mass is 192 g/mol. The van der Waals surface area contributed by atoms with Crippen molar-refractivity contribution < 1.29 is 14.3 Å². The van der Waals surface area contributed by atoms with Crippen molar-refractivity contribution in [2.24, 2.45) is 0 Å². The predicted octanol–water partition coefficient (Wildman–Crippen LogP) is 0.748. The summed E-state index contributed by atoms with van der Waals surface area (Å²) >= 11 is 0. The fraction of sp³-hybridized carbons (Fsp3) is 0.222. The first kappa shape index (κ1) is 9.99. The second kappa shape index (κ2) is 4.23. The number of esters is 1. The minimum absolute atomic E-state index is 0.147. The molecule has 0 N–H and O–H groups in total. The highest BCUT2D eigenvalue weighted by atomic mass is 16.5. The maximum absolute atomic E-state index is 11.2. The van der Waals surface area contributed by atoms with Crippen LogP contribution in [0.3, 0.4) is 0 Å². The molecule has 1 aromatic rings. The highest BCUT2D eigenvalue weighted by Gasteiger charge is 2.16. The SMILES string of the molecule is COC(=O)c1cncc(C#N)c1OC. The average Bonchev–Trinajstić information content (AvgIpc) is 2.26. The van der Waals surface area contributed by atoms with E-state index in [0.717, 1.165) is 0 Å². The molecule has 0 aliphatic rings. The molecule has 0 bridgehead atoms. The lowest BCUT2D eigenvalue weighted by Gasteiger charge is -2.06. The molecule has 14 heavy (non-hydrogen) atoms. The molecule has 0 unspecified atom stereocenters. The lowest BCUT2D eigenvalue weighted by Crippen LogP contribution is -2.06. The summed E-state index contributed by atoms with van der Waals surface area (Å²) in [6.07, 6.45) is 2.62. The van der Waals surface area contributed by atoms with E-state index < -0.39 is 5.97 Å². The molecule has 0 spiro atoms. The van der Waals surface area contributed by atoms with Crippen LogP contribution in [0.15, 0.2) is 12.4 Å². The summed E-state index contributed by atoms with van der Waals surface area (Å²) in [5, 5.41) is 8.71. The summed E-state index contributed by atoms with van der Waals surface area (Å²) in [6.45, 7) is 0. The summed E-state index contributed by atoms with van der Waals surface area (Å²) in [5.74, 6) is -0.388. The summed E-state index contributed by atoms with van der Waals surface area (Å²) in [6, 6.07) is 1.87. The molecule has 1 heterocycles. The third-order valence-corrected chi connectivity index (χ3v) is 1.63. The molecule has 1 aromatic heterocycles. The number of rotatable bonds is 2. The van der Waals surface area contributed by atoms with Crippen LogP contribution >= 0.6 is 0 Å². The van der Waals surface area contributed by atoms with E-state index in [1.807, 2.05) is 6.07 Å². The lowest BCUT2D eigenvalue weighted by atomic mass is 10.2. The molecule has 0 saturated carbocycles. The van der Waals surface area contributed by atoms with Crippen molar-refractivity contribution in [2.45, 2.75) is 0 Å². The van der Waals surface area contributed by atoms with Crippen molar-refractivity contribution in [1.29, 1.82) is 5.26 Å². The topological polar surface area (TPSA) is 72.2 Å². The Morgan fingerprint density at radius 3 is 2.71 bits per heavy atom. The van der Waals surface area contributed by atoms with Gasteiger partial charge in [0.1, 0.15) is 17.2 Å². The first-order valence-electron chi connectivity index (χ1n) is 3.75. The van der Waals surface area contributed by atoms with Crippen LogP contribution in [0, 0.1) is 11.3 Å². The van der Waals surface area contributed by atoms with Crippen molar-refractivity contribution in [3.05, 3.63) is 23.5 Å². The Kier molecular flexibility index (Phi) is 3.02. The van der Waals surface area contributed by atoms with Gasteiger partial charge in [-0.1, -0.05) is 0 Å². The summed E-state index contributed by atoms with van der Waals surface area (Å²) < 4.78 is 9.44. The molecule has 0 amide bonds. The number of methoxy groups -OCH3 is 2. The molecule has 0 aliphatic carbocycles. The number of ether oxygens (including phenoxy) is 2. The van der Waals surface area contributed by atoms with E-state index in [1.54, 1.807) is 0 Å². The summed E-state index contributed by atoms with van der Waals surface area (Å²) in [7, 11) is 2.63. The predicted molar refractivity (Wildman–Crippen MR) is 46.8 cm³/mol.